The molecule has 1 atom stereocenters. The molecule has 0 saturated heterocycles. The van der Waals surface area contributed by atoms with Crippen molar-refractivity contribution in [3.8, 4) is 0 Å². The van der Waals surface area contributed by atoms with Crippen molar-refractivity contribution in [3.05, 3.63) is 106 Å². The number of carbonyl (C=O) groups excluding carboxylic acids is 1. The number of esters is 1. The Morgan fingerprint density at radius 3 is 2.68 bits per heavy atom. The number of nitrogens with one attached hydrogen (secondary N) is 2. The number of rotatable bonds is 4. The Labute approximate surface area is 169 Å². The summed E-state index contributed by atoms with van der Waals surface area (Å²) in [5.41, 5.74) is 5.19. The smallest absolute Gasteiger partial charge is 0.337 e. The third-order valence-electron chi connectivity index (χ3n) is 4.97. The first-order chi connectivity index (χ1) is 13.6. The highest BCUT2D eigenvalue weighted by Gasteiger charge is 2.36. The Balaban J connectivity index is 1.72. The van der Waals surface area contributed by atoms with Crippen molar-refractivity contribution >= 4 is 17.6 Å². The summed E-state index contributed by atoms with van der Waals surface area (Å²) in [4.78, 5) is 13.1. The van der Waals surface area contributed by atoms with Gasteiger partial charge in [0.2, 0.25) is 0 Å². The number of fused-ring (bicyclic) bond motifs is 1. The number of hydrogen-bond donors (Lipinski definition) is 2. The molecule has 0 fully saturated rings. The number of carbonyl (C=O) groups is 1. The summed E-state index contributed by atoms with van der Waals surface area (Å²) >= 11 is 6.52. The van der Waals surface area contributed by atoms with E-state index in [0.29, 0.717) is 10.6 Å². The van der Waals surface area contributed by atoms with Crippen LogP contribution >= 0.6 is 11.6 Å². The lowest BCUT2D eigenvalue weighted by Crippen LogP contribution is -2.33. The molecule has 0 spiro atoms. The van der Waals surface area contributed by atoms with Crippen molar-refractivity contribution in [2.45, 2.75) is 19.4 Å². The molecule has 2 aromatic rings. The molecule has 0 amide bonds. The number of allylic oxidation sites excluding steroid dienone is 2. The quantitative estimate of drug-likeness (QED) is 0.756. The van der Waals surface area contributed by atoms with E-state index < -0.39 is 0 Å². The monoisotopic (exact) mass is 392 g/mol. The molecule has 0 aliphatic carbocycles. The molecule has 2 aromatic carbocycles. The minimum Gasteiger partial charge on any atom is -0.457 e. The highest BCUT2D eigenvalue weighted by molar-refractivity contribution is 6.31. The summed E-state index contributed by atoms with van der Waals surface area (Å²) in [6.07, 6.45) is 4.03. The Kier molecular flexibility index (Phi) is 5.22. The van der Waals surface area contributed by atoms with Crippen LogP contribution < -0.4 is 10.6 Å². The highest BCUT2D eigenvalue weighted by Crippen LogP contribution is 2.43. The second-order valence-electron chi connectivity index (χ2n) is 6.81. The molecule has 4 nitrogen and oxygen atoms in total. The fraction of sp³-hybridized carbons (Fsp3) is 0.174. The fourth-order valence-corrected chi connectivity index (χ4v) is 3.88. The number of benzene rings is 2. The van der Waals surface area contributed by atoms with Gasteiger partial charge in [-0.1, -0.05) is 60.1 Å². The van der Waals surface area contributed by atoms with Gasteiger partial charge in [-0.25, -0.2) is 4.79 Å². The van der Waals surface area contributed by atoms with Gasteiger partial charge in [0.15, 0.2) is 0 Å². The van der Waals surface area contributed by atoms with Crippen LogP contribution in [0.2, 0.25) is 5.02 Å². The lowest BCUT2D eigenvalue weighted by atomic mass is 9.79. The van der Waals surface area contributed by atoms with Crippen LogP contribution in [0.15, 0.2) is 89.4 Å². The molecule has 28 heavy (non-hydrogen) atoms. The average molecular weight is 393 g/mol. The van der Waals surface area contributed by atoms with E-state index in [1.807, 2.05) is 67.7 Å². The summed E-state index contributed by atoms with van der Waals surface area (Å²) in [5.74, 6) is -0.637. The Hall–Kier alpha value is -2.98. The zero-order chi connectivity index (χ0) is 19.5. The number of dihydropyridines is 1. The first kappa shape index (κ1) is 18.4. The first-order valence-electron chi connectivity index (χ1n) is 9.22. The van der Waals surface area contributed by atoms with Gasteiger partial charge in [0.1, 0.15) is 6.61 Å². The molecule has 4 rings (SSSR count). The van der Waals surface area contributed by atoms with E-state index in [1.165, 1.54) is 0 Å². The van der Waals surface area contributed by atoms with Gasteiger partial charge in [-0.05, 0) is 30.2 Å². The fourth-order valence-electron chi connectivity index (χ4n) is 3.63. The third kappa shape index (κ3) is 3.56. The molecular formula is C23H21ClN2O2. The van der Waals surface area contributed by atoms with Crippen LogP contribution in [0, 0.1) is 0 Å². The van der Waals surface area contributed by atoms with Gasteiger partial charge >= 0.3 is 5.97 Å². The maximum atomic E-state index is 13.1. The van der Waals surface area contributed by atoms with Crippen molar-refractivity contribution in [2.75, 3.05) is 6.54 Å². The van der Waals surface area contributed by atoms with Crippen LogP contribution in [0.4, 0.5) is 0 Å². The zero-order valence-corrected chi connectivity index (χ0v) is 16.3. The summed E-state index contributed by atoms with van der Waals surface area (Å²) < 4.78 is 5.66. The van der Waals surface area contributed by atoms with Gasteiger partial charge in [0, 0.05) is 40.7 Å². The van der Waals surface area contributed by atoms with Gasteiger partial charge in [0.05, 0.1) is 5.57 Å². The van der Waals surface area contributed by atoms with Crippen LogP contribution in [0.1, 0.15) is 24.0 Å². The number of ether oxygens (including phenoxy) is 1. The second kappa shape index (κ2) is 7.95. The molecule has 2 heterocycles. The lowest BCUT2D eigenvalue weighted by molar-refractivity contribution is -0.140. The largest absolute Gasteiger partial charge is 0.457 e. The van der Waals surface area contributed by atoms with Crippen LogP contribution in [0.25, 0.3) is 0 Å². The zero-order valence-electron chi connectivity index (χ0n) is 15.5. The molecular weight excluding hydrogens is 372 g/mol. The van der Waals surface area contributed by atoms with Crippen molar-refractivity contribution < 1.29 is 9.53 Å². The minimum absolute atomic E-state index is 0.228. The predicted molar refractivity (Wildman–Crippen MR) is 110 cm³/mol. The molecule has 5 heteroatoms. The minimum atomic E-state index is -0.343. The van der Waals surface area contributed by atoms with E-state index in [4.69, 9.17) is 16.3 Å². The Morgan fingerprint density at radius 2 is 1.89 bits per heavy atom. The summed E-state index contributed by atoms with van der Waals surface area (Å²) in [6, 6.07) is 17.3. The maximum absolute atomic E-state index is 13.1. The molecule has 0 bridgehead atoms. The molecule has 2 N–H and O–H groups in total. The molecule has 2 aliphatic rings. The summed E-state index contributed by atoms with van der Waals surface area (Å²) in [5, 5.41) is 7.22. The van der Waals surface area contributed by atoms with Crippen molar-refractivity contribution in [2.24, 2.45) is 0 Å². The van der Waals surface area contributed by atoms with Crippen LogP contribution in [0.5, 0.6) is 0 Å². The predicted octanol–water partition coefficient (Wildman–Crippen LogP) is 4.42. The summed E-state index contributed by atoms with van der Waals surface area (Å²) in [6.45, 7) is 2.87. The topological polar surface area (TPSA) is 50.4 Å². The van der Waals surface area contributed by atoms with Crippen molar-refractivity contribution in [1.82, 2.24) is 10.6 Å². The normalized spacial score (nSPS) is 18.3. The Morgan fingerprint density at radius 1 is 1.14 bits per heavy atom. The van der Waals surface area contributed by atoms with E-state index in [0.717, 1.165) is 34.6 Å². The SMILES string of the molecule is CC1=C(C(=O)OCc2ccccc2)C(c2ccccc2Cl)C2=CNCC=C2N1. The van der Waals surface area contributed by atoms with E-state index in [1.54, 1.807) is 0 Å². The van der Waals surface area contributed by atoms with E-state index in [-0.39, 0.29) is 18.5 Å². The van der Waals surface area contributed by atoms with E-state index >= 15 is 0 Å². The van der Waals surface area contributed by atoms with Gasteiger partial charge in [-0.15, -0.1) is 0 Å². The van der Waals surface area contributed by atoms with Gasteiger partial charge in [-0.2, -0.15) is 0 Å². The van der Waals surface area contributed by atoms with E-state index in [2.05, 4.69) is 16.7 Å². The molecule has 2 aliphatic heterocycles. The standard InChI is InChI=1S/C23H21ClN2O2/c1-15-21(23(27)28-14-16-7-3-2-4-8-16)22(17-9-5-6-10-19(17)24)18-13-25-12-11-20(18)26-15/h2-11,13,22,25-26H,12,14H2,1H3. The van der Waals surface area contributed by atoms with Gasteiger partial charge in [0.25, 0.3) is 0 Å². The number of halogens is 1. The van der Waals surface area contributed by atoms with Crippen molar-refractivity contribution in [1.29, 1.82) is 0 Å². The van der Waals surface area contributed by atoms with Gasteiger partial charge < -0.3 is 15.4 Å². The highest BCUT2D eigenvalue weighted by atomic mass is 35.5. The molecule has 0 aromatic heterocycles. The molecule has 0 radical (unpaired) electrons. The first-order valence-corrected chi connectivity index (χ1v) is 9.60. The summed E-state index contributed by atoms with van der Waals surface area (Å²) in [7, 11) is 0. The van der Waals surface area contributed by atoms with Crippen LogP contribution in [-0.4, -0.2) is 12.5 Å². The average Bonchev–Trinajstić information content (AvgIpc) is 2.72. The Bertz CT molecular complexity index is 993. The molecule has 0 saturated carbocycles. The second-order valence-corrected chi connectivity index (χ2v) is 7.21. The third-order valence-corrected chi connectivity index (χ3v) is 5.31. The lowest BCUT2D eigenvalue weighted by Gasteiger charge is -2.34. The number of hydrogen-bond acceptors (Lipinski definition) is 4. The van der Waals surface area contributed by atoms with Crippen LogP contribution in [-0.2, 0) is 16.1 Å². The van der Waals surface area contributed by atoms with Crippen LogP contribution in [0.3, 0.4) is 0 Å². The maximum Gasteiger partial charge on any atom is 0.337 e. The van der Waals surface area contributed by atoms with Gasteiger partial charge in [-0.3, -0.25) is 0 Å². The van der Waals surface area contributed by atoms with Crippen molar-refractivity contribution in [3.63, 3.8) is 0 Å². The van der Waals surface area contributed by atoms with E-state index in [9.17, 15) is 4.79 Å². The molecule has 1 unspecified atom stereocenters. The molecule has 142 valence electrons.